The van der Waals surface area contributed by atoms with E-state index >= 15 is 0 Å². The van der Waals surface area contributed by atoms with Crippen molar-refractivity contribution in [2.24, 2.45) is 11.8 Å². The first-order valence-electron chi connectivity index (χ1n) is 9.65. The lowest BCUT2D eigenvalue weighted by atomic mass is 9.83. The van der Waals surface area contributed by atoms with Crippen LogP contribution < -0.4 is 0 Å². The molecule has 0 aliphatic heterocycles. The van der Waals surface area contributed by atoms with Gasteiger partial charge >= 0.3 is 0 Å². The van der Waals surface area contributed by atoms with Gasteiger partial charge in [-0.3, -0.25) is 0 Å². The standard InChI is InChI=1S/C25H29Br/c1-25(2,24-6-4-3-5-7-24)17-16-22-13-12-21(18-22)11-8-20-9-14-23(19-26)15-10-20/h3-11,14-17,21-22H,12-13,18-19H2,1-2H3/b11-8-,17-16-. The Hall–Kier alpha value is -1.60. The van der Waals surface area contributed by atoms with Crippen molar-refractivity contribution in [3.8, 4) is 0 Å². The highest BCUT2D eigenvalue weighted by atomic mass is 79.9. The van der Waals surface area contributed by atoms with E-state index in [1.807, 2.05) is 0 Å². The minimum absolute atomic E-state index is 0.104. The number of hydrogen-bond acceptors (Lipinski definition) is 0. The first-order chi connectivity index (χ1) is 12.6. The molecular formula is C25H29Br. The summed E-state index contributed by atoms with van der Waals surface area (Å²) < 4.78 is 0. The smallest absolute Gasteiger partial charge is 0.0283 e. The number of allylic oxidation sites excluding steroid dienone is 3. The second kappa shape index (κ2) is 8.86. The monoisotopic (exact) mass is 408 g/mol. The minimum atomic E-state index is 0.104. The lowest BCUT2D eigenvalue weighted by Crippen LogP contribution is -2.13. The van der Waals surface area contributed by atoms with Gasteiger partial charge in [-0.25, -0.2) is 0 Å². The van der Waals surface area contributed by atoms with Crippen molar-refractivity contribution in [1.29, 1.82) is 0 Å². The molecule has 0 radical (unpaired) electrons. The topological polar surface area (TPSA) is 0 Å². The van der Waals surface area contributed by atoms with Gasteiger partial charge < -0.3 is 0 Å². The number of benzene rings is 2. The summed E-state index contributed by atoms with van der Waals surface area (Å²) in [7, 11) is 0. The molecule has 0 saturated heterocycles. The van der Waals surface area contributed by atoms with Crippen molar-refractivity contribution in [3.05, 3.63) is 89.5 Å². The average molecular weight is 409 g/mol. The van der Waals surface area contributed by atoms with E-state index in [0.29, 0.717) is 11.8 Å². The van der Waals surface area contributed by atoms with Crippen LogP contribution in [0, 0.1) is 11.8 Å². The van der Waals surface area contributed by atoms with E-state index in [-0.39, 0.29) is 5.41 Å². The van der Waals surface area contributed by atoms with Crippen LogP contribution in [0.5, 0.6) is 0 Å². The summed E-state index contributed by atoms with van der Waals surface area (Å²) in [5, 5.41) is 0.924. The maximum Gasteiger partial charge on any atom is 0.0283 e. The molecule has 0 nitrogen and oxygen atoms in total. The number of halogens is 1. The van der Waals surface area contributed by atoms with Gasteiger partial charge in [0.2, 0.25) is 0 Å². The van der Waals surface area contributed by atoms with Crippen LogP contribution in [0.4, 0.5) is 0 Å². The lowest BCUT2D eigenvalue weighted by molar-refractivity contribution is 0.618. The lowest BCUT2D eigenvalue weighted by Gasteiger charge is -2.21. The molecule has 0 heterocycles. The van der Waals surface area contributed by atoms with Gasteiger partial charge in [-0.1, -0.05) is 109 Å². The molecule has 2 unspecified atom stereocenters. The third-order valence-electron chi connectivity index (χ3n) is 5.51. The molecule has 1 saturated carbocycles. The van der Waals surface area contributed by atoms with Crippen LogP contribution in [-0.4, -0.2) is 0 Å². The summed E-state index contributed by atoms with van der Waals surface area (Å²) in [6.45, 7) is 4.61. The van der Waals surface area contributed by atoms with Crippen molar-refractivity contribution in [3.63, 3.8) is 0 Å². The fraction of sp³-hybridized carbons (Fsp3) is 0.360. The Labute approximate surface area is 167 Å². The summed E-state index contributed by atoms with van der Waals surface area (Å²) in [6.07, 6.45) is 13.5. The molecule has 1 fully saturated rings. The molecule has 2 aromatic carbocycles. The SMILES string of the molecule is CC(C)(/C=C\C1CCC(/C=C\c2ccc(CBr)cc2)C1)c1ccccc1. The minimum Gasteiger partial charge on any atom is -0.0876 e. The molecule has 0 amide bonds. The zero-order valence-electron chi connectivity index (χ0n) is 15.9. The van der Waals surface area contributed by atoms with E-state index in [9.17, 15) is 0 Å². The van der Waals surface area contributed by atoms with Gasteiger partial charge in [-0.05, 0) is 47.8 Å². The van der Waals surface area contributed by atoms with Crippen LogP contribution in [-0.2, 0) is 10.7 Å². The highest BCUT2D eigenvalue weighted by molar-refractivity contribution is 9.08. The predicted octanol–water partition coefficient (Wildman–Crippen LogP) is 7.55. The van der Waals surface area contributed by atoms with Crippen molar-refractivity contribution >= 4 is 22.0 Å². The summed E-state index contributed by atoms with van der Waals surface area (Å²) in [5.41, 5.74) is 4.12. The Morgan fingerprint density at radius 3 is 2.23 bits per heavy atom. The summed E-state index contributed by atoms with van der Waals surface area (Å²) in [6, 6.07) is 19.6. The molecule has 3 rings (SSSR count). The zero-order valence-corrected chi connectivity index (χ0v) is 17.5. The van der Waals surface area contributed by atoms with E-state index in [4.69, 9.17) is 0 Å². The van der Waals surface area contributed by atoms with Crippen molar-refractivity contribution in [2.45, 2.75) is 43.9 Å². The summed E-state index contributed by atoms with van der Waals surface area (Å²) in [5.74, 6) is 1.42. The second-order valence-electron chi connectivity index (χ2n) is 8.01. The van der Waals surface area contributed by atoms with Crippen molar-refractivity contribution < 1.29 is 0 Å². The van der Waals surface area contributed by atoms with Crippen LogP contribution in [0.15, 0.2) is 72.8 Å². The number of rotatable bonds is 6. The maximum absolute atomic E-state index is 3.50. The molecule has 2 atom stereocenters. The molecule has 0 bridgehead atoms. The molecule has 0 spiro atoms. The highest BCUT2D eigenvalue weighted by Gasteiger charge is 2.22. The van der Waals surface area contributed by atoms with Gasteiger partial charge in [0.25, 0.3) is 0 Å². The maximum atomic E-state index is 3.50. The molecule has 1 aliphatic rings. The van der Waals surface area contributed by atoms with E-state index in [1.165, 1.54) is 36.0 Å². The van der Waals surface area contributed by atoms with Crippen LogP contribution in [0.1, 0.15) is 49.8 Å². The fourth-order valence-electron chi connectivity index (χ4n) is 3.71. The van der Waals surface area contributed by atoms with Gasteiger partial charge in [-0.15, -0.1) is 0 Å². The number of alkyl halides is 1. The van der Waals surface area contributed by atoms with Crippen LogP contribution >= 0.6 is 15.9 Å². The quantitative estimate of drug-likeness (QED) is 0.341. The molecule has 0 N–H and O–H groups in total. The first-order valence-corrected chi connectivity index (χ1v) is 10.8. The zero-order chi connectivity index (χ0) is 18.4. The Kier molecular flexibility index (Phi) is 6.53. The molecule has 1 heteroatoms. The summed E-state index contributed by atoms with van der Waals surface area (Å²) >= 11 is 3.50. The van der Waals surface area contributed by atoms with E-state index in [2.05, 4.69) is 109 Å². The largest absolute Gasteiger partial charge is 0.0876 e. The molecule has 136 valence electrons. The van der Waals surface area contributed by atoms with Gasteiger partial charge in [-0.2, -0.15) is 0 Å². The third kappa shape index (κ3) is 5.20. The summed E-state index contributed by atoms with van der Waals surface area (Å²) in [4.78, 5) is 0. The fourth-order valence-corrected chi connectivity index (χ4v) is 4.08. The van der Waals surface area contributed by atoms with Gasteiger partial charge in [0.05, 0.1) is 0 Å². The van der Waals surface area contributed by atoms with E-state index < -0.39 is 0 Å². The Morgan fingerprint density at radius 2 is 1.58 bits per heavy atom. The Morgan fingerprint density at radius 1 is 0.923 bits per heavy atom. The Balaban J connectivity index is 1.55. The molecule has 1 aliphatic carbocycles. The van der Waals surface area contributed by atoms with Gasteiger partial charge in [0.15, 0.2) is 0 Å². The predicted molar refractivity (Wildman–Crippen MR) is 118 cm³/mol. The van der Waals surface area contributed by atoms with Crippen LogP contribution in [0.25, 0.3) is 6.08 Å². The van der Waals surface area contributed by atoms with E-state index in [1.54, 1.807) is 0 Å². The first kappa shape index (κ1) is 19.2. The highest BCUT2D eigenvalue weighted by Crippen LogP contribution is 2.34. The molecular weight excluding hydrogens is 380 g/mol. The number of hydrogen-bond donors (Lipinski definition) is 0. The van der Waals surface area contributed by atoms with E-state index in [0.717, 1.165) is 5.33 Å². The van der Waals surface area contributed by atoms with Crippen LogP contribution in [0.3, 0.4) is 0 Å². The molecule has 0 aromatic heterocycles. The van der Waals surface area contributed by atoms with Gasteiger partial charge in [0.1, 0.15) is 0 Å². The van der Waals surface area contributed by atoms with Crippen molar-refractivity contribution in [2.75, 3.05) is 0 Å². The van der Waals surface area contributed by atoms with Crippen molar-refractivity contribution in [1.82, 2.24) is 0 Å². The molecule has 26 heavy (non-hydrogen) atoms. The molecule has 2 aromatic rings. The third-order valence-corrected chi connectivity index (χ3v) is 6.16. The van der Waals surface area contributed by atoms with Gasteiger partial charge in [0, 0.05) is 10.7 Å². The Bertz CT molecular complexity index is 737. The normalized spacial score (nSPS) is 21.0. The average Bonchev–Trinajstić information content (AvgIpc) is 3.14. The second-order valence-corrected chi connectivity index (χ2v) is 8.58. The van der Waals surface area contributed by atoms with Crippen LogP contribution in [0.2, 0.25) is 0 Å².